The van der Waals surface area contributed by atoms with E-state index in [1.807, 2.05) is 63.2 Å². The second-order valence-electron chi connectivity index (χ2n) is 9.18. The zero-order valence-corrected chi connectivity index (χ0v) is 20.1. The van der Waals surface area contributed by atoms with Crippen LogP contribution in [0.3, 0.4) is 0 Å². The van der Waals surface area contributed by atoms with Gasteiger partial charge in [0.15, 0.2) is 0 Å². The second kappa shape index (κ2) is 10.1. The van der Waals surface area contributed by atoms with Crippen molar-refractivity contribution >= 4 is 17.7 Å². The Kier molecular flexibility index (Phi) is 6.98. The van der Waals surface area contributed by atoms with Crippen LogP contribution < -0.4 is 5.32 Å². The average molecular weight is 460 g/mol. The zero-order chi connectivity index (χ0) is 24.2. The van der Waals surface area contributed by atoms with Gasteiger partial charge in [-0.25, -0.2) is 0 Å². The molecule has 2 aliphatic heterocycles. The highest BCUT2D eigenvalue weighted by molar-refractivity contribution is 5.90. The van der Waals surface area contributed by atoms with E-state index in [0.29, 0.717) is 18.7 Å². The van der Waals surface area contributed by atoms with E-state index in [0.717, 1.165) is 23.2 Å². The summed E-state index contributed by atoms with van der Waals surface area (Å²) in [5.41, 5.74) is 3.56. The summed E-state index contributed by atoms with van der Waals surface area (Å²) in [6, 6.07) is 12.6. The van der Waals surface area contributed by atoms with E-state index in [1.165, 1.54) is 4.68 Å². The molecule has 0 spiro atoms. The van der Waals surface area contributed by atoms with Gasteiger partial charge in [-0.3, -0.25) is 14.6 Å². The quantitative estimate of drug-likeness (QED) is 0.637. The molecule has 4 rings (SSSR count). The summed E-state index contributed by atoms with van der Waals surface area (Å²) in [7, 11) is 0. The third kappa shape index (κ3) is 4.97. The normalized spacial score (nSPS) is 19.1. The molecule has 34 heavy (non-hydrogen) atoms. The van der Waals surface area contributed by atoms with Gasteiger partial charge >= 0.3 is 0 Å². The summed E-state index contributed by atoms with van der Waals surface area (Å²) < 4.78 is 1.50. The maximum Gasteiger partial charge on any atom is 0.272 e. The SMILES string of the molecule is CC1=C=[N+]([C@H](C(=O)N2CCC[C@H]2C(=O)N[C@@H](C)c2ccc(-c3ccccn3)cc2)C(C)C)N=N1. The van der Waals surface area contributed by atoms with Crippen LogP contribution >= 0.6 is 0 Å². The molecule has 2 aromatic rings. The molecule has 2 amide bonds. The average Bonchev–Trinajstić information content (AvgIpc) is 3.49. The molecular weight excluding hydrogens is 428 g/mol. The van der Waals surface area contributed by atoms with Gasteiger partial charge in [-0.1, -0.05) is 48.9 Å². The Morgan fingerprint density at radius 2 is 1.91 bits per heavy atom. The Bertz CT molecular complexity index is 1150. The summed E-state index contributed by atoms with van der Waals surface area (Å²) >= 11 is 0. The van der Waals surface area contributed by atoms with Gasteiger partial charge in [0.25, 0.3) is 11.6 Å². The molecule has 3 atom stereocenters. The van der Waals surface area contributed by atoms with Crippen LogP contribution in [0.5, 0.6) is 0 Å². The number of nitrogens with one attached hydrogen (secondary N) is 1. The predicted octanol–water partition coefficient (Wildman–Crippen LogP) is 3.91. The molecule has 1 fully saturated rings. The van der Waals surface area contributed by atoms with Crippen LogP contribution in [-0.4, -0.2) is 50.9 Å². The fourth-order valence-corrected chi connectivity index (χ4v) is 4.47. The number of likely N-dealkylation sites (tertiary alicyclic amines) is 1. The standard InChI is InChI=1S/C26H30N6O2/c1-17(2)24(32-16-18(3)29-30-32)26(34)31-15-7-9-23(31)25(33)28-19(4)20-10-12-21(13-11-20)22-8-5-6-14-27-22/h5-6,8,10-14,17,19,23-24H,7,9,15H2,1-4H3/p+1/t19-,23-,24-/m0/s1. The van der Waals surface area contributed by atoms with Crippen molar-refractivity contribution in [2.24, 2.45) is 16.3 Å². The van der Waals surface area contributed by atoms with Gasteiger partial charge in [-0.2, -0.15) is 0 Å². The van der Waals surface area contributed by atoms with Crippen LogP contribution in [0, 0.1) is 5.92 Å². The Morgan fingerprint density at radius 1 is 1.15 bits per heavy atom. The van der Waals surface area contributed by atoms with E-state index in [9.17, 15) is 9.59 Å². The van der Waals surface area contributed by atoms with E-state index in [2.05, 4.69) is 26.5 Å². The van der Waals surface area contributed by atoms with Crippen LogP contribution in [0.15, 0.2) is 64.7 Å². The molecule has 1 aromatic carbocycles. The van der Waals surface area contributed by atoms with Gasteiger partial charge in [-0.05, 0) is 37.5 Å². The monoisotopic (exact) mass is 459 g/mol. The van der Waals surface area contributed by atoms with E-state index in [4.69, 9.17) is 0 Å². The lowest BCUT2D eigenvalue weighted by atomic mass is 10.0. The van der Waals surface area contributed by atoms with Crippen LogP contribution in [-0.2, 0) is 9.59 Å². The Morgan fingerprint density at radius 3 is 2.53 bits per heavy atom. The molecule has 0 aliphatic carbocycles. The van der Waals surface area contributed by atoms with Gasteiger partial charge in [-0.15, -0.1) is 0 Å². The number of carbonyl (C=O) groups excluding carboxylic acids is 2. The summed E-state index contributed by atoms with van der Waals surface area (Å²) in [6.45, 7) is 8.24. The molecule has 3 heterocycles. The van der Waals surface area contributed by atoms with Crippen molar-refractivity contribution in [2.45, 2.75) is 58.7 Å². The van der Waals surface area contributed by atoms with Crippen LogP contribution in [0.2, 0.25) is 0 Å². The predicted molar refractivity (Wildman–Crippen MR) is 129 cm³/mol. The highest BCUT2D eigenvalue weighted by Crippen LogP contribution is 2.24. The smallest absolute Gasteiger partial charge is 0.272 e. The molecule has 0 saturated carbocycles. The van der Waals surface area contributed by atoms with E-state index in [1.54, 1.807) is 18.0 Å². The maximum absolute atomic E-state index is 13.5. The third-order valence-corrected chi connectivity index (χ3v) is 6.28. The minimum Gasteiger partial charge on any atom is -0.348 e. The van der Waals surface area contributed by atoms with Crippen molar-refractivity contribution in [3.63, 3.8) is 0 Å². The molecule has 1 aromatic heterocycles. The lowest BCUT2D eigenvalue weighted by molar-refractivity contribution is -0.564. The van der Waals surface area contributed by atoms with E-state index >= 15 is 0 Å². The highest BCUT2D eigenvalue weighted by atomic mass is 16.2. The van der Waals surface area contributed by atoms with E-state index in [-0.39, 0.29) is 23.8 Å². The number of hydrogen-bond donors (Lipinski definition) is 1. The Hall–Kier alpha value is -3.64. The van der Waals surface area contributed by atoms with Gasteiger partial charge in [0.1, 0.15) is 17.1 Å². The maximum atomic E-state index is 13.5. The number of allylic oxidation sites excluding steroid dienone is 1. The van der Waals surface area contributed by atoms with Crippen molar-refractivity contribution in [1.29, 1.82) is 0 Å². The van der Waals surface area contributed by atoms with Gasteiger partial charge in [0.2, 0.25) is 11.9 Å². The van der Waals surface area contributed by atoms with Gasteiger partial charge in [0.05, 0.1) is 16.9 Å². The molecular formula is C26H31N6O2+. The number of hydrogen-bond acceptors (Lipinski definition) is 5. The number of pyridine rings is 1. The number of amides is 2. The summed E-state index contributed by atoms with van der Waals surface area (Å²) in [5.74, 6) is 2.77. The first-order chi connectivity index (χ1) is 16.3. The first kappa shape index (κ1) is 23.5. The number of rotatable bonds is 7. The van der Waals surface area contributed by atoms with Crippen molar-refractivity contribution < 1.29 is 14.3 Å². The van der Waals surface area contributed by atoms with Gasteiger partial charge in [0, 0.05) is 31.1 Å². The van der Waals surface area contributed by atoms with Crippen molar-refractivity contribution in [2.75, 3.05) is 6.54 Å². The Balaban J connectivity index is 1.44. The largest absolute Gasteiger partial charge is 0.348 e. The molecule has 8 nitrogen and oxygen atoms in total. The zero-order valence-electron chi connectivity index (χ0n) is 20.1. The first-order valence-corrected chi connectivity index (χ1v) is 11.8. The van der Waals surface area contributed by atoms with Crippen molar-refractivity contribution in [3.05, 3.63) is 59.9 Å². The van der Waals surface area contributed by atoms with Crippen LogP contribution in [0.1, 0.15) is 52.1 Å². The van der Waals surface area contributed by atoms with E-state index < -0.39 is 12.1 Å². The molecule has 8 heteroatoms. The summed E-state index contributed by atoms with van der Waals surface area (Å²) in [6.07, 6.45) is 3.21. The van der Waals surface area contributed by atoms with Crippen molar-refractivity contribution in [1.82, 2.24) is 15.2 Å². The highest BCUT2D eigenvalue weighted by Gasteiger charge is 2.42. The number of benzene rings is 1. The number of aromatic nitrogens is 1. The molecule has 0 bridgehead atoms. The van der Waals surface area contributed by atoms with Crippen molar-refractivity contribution in [3.8, 4) is 11.3 Å². The second-order valence-corrected chi connectivity index (χ2v) is 9.18. The molecule has 0 unspecified atom stereocenters. The van der Waals surface area contributed by atoms with Crippen LogP contribution in [0.4, 0.5) is 0 Å². The Labute approximate surface area is 200 Å². The number of nitrogens with zero attached hydrogens (tertiary/aromatic N) is 5. The number of carbonyl (C=O) groups is 2. The first-order valence-electron chi connectivity index (χ1n) is 11.8. The minimum absolute atomic E-state index is 0.00861. The lowest BCUT2D eigenvalue weighted by Crippen LogP contribution is -2.52. The topological polar surface area (TPSA) is 90.0 Å². The fraction of sp³-hybridized carbons (Fsp3) is 0.423. The molecule has 176 valence electrons. The molecule has 0 radical (unpaired) electrons. The molecule has 1 N–H and O–H groups in total. The van der Waals surface area contributed by atoms with Crippen LogP contribution in [0.25, 0.3) is 11.3 Å². The van der Waals surface area contributed by atoms with Gasteiger partial charge < -0.3 is 10.2 Å². The fourth-order valence-electron chi connectivity index (χ4n) is 4.47. The molecule has 2 aliphatic rings. The summed E-state index contributed by atoms with van der Waals surface area (Å²) in [5, 5.41) is 11.2. The summed E-state index contributed by atoms with van der Waals surface area (Å²) in [4.78, 5) is 32.8. The minimum atomic E-state index is -0.536. The molecule has 1 saturated heterocycles. The third-order valence-electron chi connectivity index (χ3n) is 6.28. The lowest BCUT2D eigenvalue weighted by Gasteiger charge is -2.28.